The summed E-state index contributed by atoms with van der Waals surface area (Å²) in [7, 11) is 1.61. The fourth-order valence-electron chi connectivity index (χ4n) is 3.27. The van der Waals surface area contributed by atoms with E-state index in [-0.39, 0.29) is 36.4 Å². The van der Waals surface area contributed by atoms with Crippen molar-refractivity contribution < 1.29 is 19.1 Å². The number of nitrogens with one attached hydrogen (secondary N) is 1. The molecular formula is C23H36N4O4. The Labute approximate surface area is 185 Å². The lowest BCUT2D eigenvalue weighted by Gasteiger charge is -2.35. The maximum Gasteiger partial charge on any atom is 0.260 e. The molecule has 0 bridgehead atoms. The summed E-state index contributed by atoms with van der Waals surface area (Å²) in [5.74, 6) is 0.286. The molecule has 0 spiro atoms. The second-order valence-electron chi connectivity index (χ2n) is 9.24. The highest BCUT2D eigenvalue weighted by molar-refractivity contribution is 5.85. The molecule has 172 valence electrons. The molecule has 0 aromatic heterocycles. The lowest BCUT2D eigenvalue weighted by molar-refractivity contribution is -0.141. The molecule has 1 aliphatic heterocycles. The first-order valence-electron chi connectivity index (χ1n) is 10.7. The maximum atomic E-state index is 12.6. The van der Waals surface area contributed by atoms with Gasteiger partial charge in [-0.15, -0.1) is 0 Å². The van der Waals surface area contributed by atoms with Crippen LogP contribution in [-0.4, -0.2) is 90.9 Å². The molecule has 1 heterocycles. The van der Waals surface area contributed by atoms with Crippen LogP contribution in [-0.2, 0) is 14.4 Å². The van der Waals surface area contributed by atoms with Gasteiger partial charge in [0.05, 0.1) is 13.1 Å². The average Bonchev–Trinajstić information content (AvgIpc) is 2.67. The van der Waals surface area contributed by atoms with Crippen LogP contribution in [0.1, 0.15) is 31.9 Å². The molecule has 1 N–H and O–H groups in total. The lowest BCUT2D eigenvalue weighted by atomic mass is 10.1. The first kappa shape index (κ1) is 24.7. The summed E-state index contributed by atoms with van der Waals surface area (Å²) in [5, 5.41) is 2.95. The van der Waals surface area contributed by atoms with E-state index in [4.69, 9.17) is 4.74 Å². The standard InChI is InChI=1S/C23H36N4O4/c1-17-7-8-19(13-18(17)2)31-16-22(30)25(6)15-21(29)27-11-9-26(10-12-27)14-20(28)24-23(3,4)5/h7-8,13H,9-12,14-16H2,1-6H3,(H,24,28). The first-order valence-corrected chi connectivity index (χ1v) is 10.7. The highest BCUT2D eigenvalue weighted by Crippen LogP contribution is 2.16. The van der Waals surface area contributed by atoms with Crippen LogP contribution in [0.3, 0.4) is 0 Å². The summed E-state index contributed by atoms with van der Waals surface area (Å²) in [6.45, 7) is 12.5. The van der Waals surface area contributed by atoms with Crippen LogP contribution in [0.15, 0.2) is 18.2 Å². The van der Waals surface area contributed by atoms with E-state index in [2.05, 4.69) is 5.32 Å². The predicted molar refractivity (Wildman–Crippen MR) is 120 cm³/mol. The minimum absolute atomic E-state index is 0.0126. The SMILES string of the molecule is Cc1ccc(OCC(=O)N(C)CC(=O)N2CCN(CC(=O)NC(C)(C)C)CC2)cc1C. The summed E-state index contributed by atoms with van der Waals surface area (Å²) < 4.78 is 5.58. The Balaban J connectivity index is 1.73. The zero-order valence-electron chi connectivity index (χ0n) is 19.7. The van der Waals surface area contributed by atoms with Crippen molar-refractivity contribution in [3.8, 4) is 5.75 Å². The van der Waals surface area contributed by atoms with Crippen molar-refractivity contribution in [2.24, 2.45) is 0 Å². The zero-order valence-corrected chi connectivity index (χ0v) is 19.7. The number of ether oxygens (including phenoxy) is 1. The molecule has 8 heteroatoms. The van der Waals surface area contributed by atoms with E-state index < -0.39 is 0 Å². The third-order valence-electron chi connectivity index (χ3n) is 5.25. The summed E-state index contributed by atoms with van der Waals surface area (Å²) >= 11 is 0. The maximum absolute atomic E-state index is 12.6. The van der Waals surface area contributed by atoms with Gasteiger partial charge in [0.15, 0.2) is 6.61 Å². The normalized spacial score (nSPS) is 14.8. The van der Waals surface area contributed by atoms with Crippen molar-refractivity contribution in [2.45, 2.75) is 40.2 Å². The lowest BCUT2D eigenvalue weighted by Crippen LogP contribution is -2.54. The summed E-state index contributed by atoms with van der Waals surface area (Å²) in [4.78, 5) is 42.2. The molecule has 3 amide bonds. The van der Waals surface area contributed by atoms with Crippen LogP contribution in [0.25, 0.3) is 0 Å². The highest BCUT2D eigenvalue weighted by Gasteiger charge is 2.25. The number of piperazine rings is 1. The molecule has 31 heavy (non-hydrogen) atoms. The van der Waals surface area contributed by atoms with E-state index >= 15 is 0 Å². The quantitative estimate of drug-likeness (QED) is 0.700. The van der Waals surface area contributed by atoms with Gasteiger partial charge in [0.1, 0.15) is 5.75 Å². The predicted octanol–water partition coefficient (Wildman–Crippen LogP) is 1.20. The van der Waals surface area contributed by atoms with Gasteiger partial charge in [0, 0.05) is 38.8 Å². The Kier molecular flexibility index (Phi) is 8.44. The first-order chi connectivity index (χ1) is 14.4. The van der Waals surface area contributed by atoms with Gasteiger partial charge in [0.25, 0.3) is 5.91 Å². The Morgan fingerprint density at radius 1 is 1.06 bits per heavy atom. The van der Waals surface area contributed by atoms with Crippen molar-refractivity contribution >= 4 is 17.7 Å². The van der Waals surface area contributed by atoms with Crippen molar-refractivity contribution in [1.29, 1.82) is 0 Å². The average molecular weight is 433 g/mol. The molecule has 0 saturated carbocycles. The molecule has 0 unspecified atom stereocenters. The highest BCUT2D eigenvalue weighted by atomic mass is 16.5. The molecule has 8 nitrogen and oxygen atoms in total. The monoisotopic (exact) mass is 432 g/mol. The summed E-state index contributed by atoms with van der Waals surface area (Å²) in [6, 6.07) is 5.69. The minimum atomic E-state index is -0.256. The van der Waals surface area contributed by atoms with E-state index in [0.717, 1.165) is 11.1 Å². The van der Waals surface area contributed by atoms with Crippen LogP contribution in [0.4, 0.5) is 0 Å². The Bertz CT molecular complexity index is 795. The molecular weight excluding hydrogens is 396 g/mol. The Morgan fingerprint density at radius 3 is 2.29 bits per heavy atom. The number of hydrogen-bond donors (Lipinski definition) is 1. The van der Waals surface area contributed by atoms with E-state index in [9.17, 15) is 14.4 Å². The second-order valence-corrected chi connectivity index (χ2v) is 9.24. The van der Waals surface area contributed by atoms with Gasteiger partial charge in [-0.05, 0) is 57.9 Å². The fraction of sp³-hybridized carbons (Fsp3) is 0.609. The van der Waals surface area contributed by atoms with Gasteiger partial charge in [0.2, 0.25) is 11.8 Å². The smallest absolute Gasteiger partial charge is 0.260 e. The van der Waals surface area contributed by atoms with Crippen LogP contribution in [0.5, 0.6) is 5.75 Å². The Hall–Kier alpha value is -2.61. The molecule has 1 aliphatic rings. The Morgan fingerprint density at radius 2 is 1.71 bits per heavy atom. The molecule has 1 fully saturated rings. The molecule has 0 aliphatic carbocycles. The molecule has 1 aromatic rings. The van der Waals surface area contributed by atoms with Crippen LogP contribution in [0.2, 0.25) is 0 Å². The summed E-state index contributed by atoms with van der Waals surface area (Å²) in [5.41, 5.74) is 2.01. The van der Waals surface area contributed by atoms with Gasteiger partial charge in [-0.25, -0.2) is 0 Å². The molecule has 1 saturated heterocycles. The molecule has 2 rings (SSSR count). The third kappa shape index (κ3) is 8.20. The van der Waals surface area contributed by atoms with Gasteiger partial charge >= 0.3 is 0 Å². The van der Waals surface area contributed by atoms with E-state index in [1.54, 1.807) is 11.9 Å². The van der Waals surface area contributed by atoms with Crippen LogP contribution >= 0.6 is 0 Å². The van der Waals surface area contributed by atoms with Crippen LogP contribution < -0.4 is 10.1 Å². The van der Waals surface area contributed by atoms with Crippen molar-refractivity contribution in [2.75, 3.05) is 52.9 Å². The molecule has 1 aromatic carbocycles. The number of aryl methyl sites for hydroxylation is 2. The number of amides is 3. The van der Waals surface area contributed by atoms with Crippen molar-refractivity contribution in [3.63, 3.8) is 0 Å². The van der Waals surface area contributed by atoms with Gasteiger partial charge in [-0.1, -0.05) is 6.07 Å². The second kappa shape index (κ2) is 10.6. The summed E-state index contributed by atoms with van der Waals surface area (Å²) in [6.07, 6.45) is 0. The minimum Gasteiger partial charge on any atom is -0.484 e. The van der Waals surface area contributed by atoms with Gasteiger partial charge in [-0.2, -0.15) is 0 Å². The number of benzene rings is 1. The van der Waals surface area contributed by atoms with Crippen LogP contribution in [0, 0.1) is 13.8 Å². The van der Waals surface area contributed by atoms with Gasteiger partial charge < -0.3 is 19.9 Å². The number of carbonyl (C=O) groups is 3. The van der Waals surface area contributed by atoms with Crippen molar-refractivity contribution in [3.05, 3.63) is 29.3 Å². The number of carbonyl (C=O) groups excluding carboxylic acids is 3. The van der Waals surface area contributed by atoms with E-state index in [1.165, 1.54) is 4.90 Å². The number of likely N-dealkylation sites (N-methyl/N-ethyl adjacent to an activating group) is 1. The molecule has 0 atom stereocenters. The van der Waals surface area contributed by atoms with Gasteiger partial charge in [-0.3, -0.25) is 19.3 Å². The topological polar surface area (TPSA) is 82.2 Å². The fourth-order valence-corrected chi connectivity index (χ4v) is 3.27. The molecule has 0 radical (unpaired) electrons. The van der Waals surface area contributed by atoms with E-state index in [0.29, 0.717) is 38.5 Å². The number of nitrogens with zero attached hydrogens (tertiary/aromatic N) is 3. The zero-order chi connectivity index (χ0) is 23.2. The van der Waals surface area contributed by atoms with E-state index in [1.807, 2.05) is 57.7 Å². The largest absolute Gasteiger partial charge is 0.484 e. The number of hydrogen-bond acceptors (Lipinski definition) is 5. The third-order valence-corrected chi connectivity index (χ3v) is 5.25. The number of rotatable bonds is 7. The van der Waals surface area contributed by atoms with Crippen molar-refractivity contribution in [1.82, 2.24) is 20.0 Å².